The molecule has 0 radical (unpaired) electrons. The minimum atomic E-state index is -2.68. The molecule has 8 heteroatoms. The molecule has 24 rings (SSSR count). The van der Waals surface area contributed by atoms with Crippen molar-refractivity contribution in [3.8, 4) is 55.6 Å². The normalized spacial score (nSPS) is 11.5. The fourth-order valence-corrected chi connectivity index (χ4v) is 30.4. The highest BCUT2D eigenvalue weighted by Gasteiger charge is 2.43. The average molecular weight is 1770 g/mol. The van der Waals surface area contributed by atoms with E-state index in [1.54, 1.807) is 0 Å². The molecular formula is C122H90BBrO4Si2. The lowest BCUT2D eigenvalue weighted by molar-refractivity contribution is 0.426. The standard InChI is InChI=1S/C60H40OSi.C36H21BrO.C24H21BO2Si.2CH4/c1-4-21-44(22-5-1)62(45-23-6-2-7-24-45,46-25-8-3-9-26-46)47-37-35-41(36-38-47)43-39-55-49-28-16-17-34-57(49)61-60(55)56(40-43)59-53-31-14-12-29-51(53)58(52-30-13-15-32-54(52)59)50-33-18-20-42-19-10-11-27-48(42)50;37-23-20-31-25-13-7-8-19-33(25)38-36(31)32(21-23)35-29-16-5-3-14-27(29)34(28-15-4-6-17-30(28)35)26-18-9-11-22-10-1-2-12-24(22)26;26-25(27)20-16-18-24(19-17-20)28(21-10-4-1-5-11-21,22-12-6-2-7-13-22)23-14-8-3-9-15-23;;/h1-40H;1-21H;1-19,26-27H;2*1H4. The lowest BCUT2D eigenvalue weighted by atomic mass is 9.81. The molecule has 0 aliphatic rings. The highest BCUT2D eigenvalue weighted by molar-refractivity contribution is 9.10. The minimum Gasteiger partial charge on any atom is -0.455 e. The zero-order valence-corrected chi connectivity index (χ0v) is 73.4. The molecule has 0 spiro atoms. The molecule has 0 saturated heterocycles. The summed E-state index contributed by atoms with van der Waals surface area (Å²) < 4.78 is 14.5. The van der Waals surface area contributed by atoms with Crippen LogP contribution in [0.15, 0.2) is 499 Å². The molecule has 0 atom stereocenters. The van der Waals surface area contributed by atoms with E-state index in [9.17, 15) is 10.0 Å². The van der Waals surface area contributed by atoms with Crippen LogP contribution in [0.3, 0.4) is 0 Å². The van der Waals surface area contributed by atoms with Gasteiger partial charge >= 0.3 is 7.12 Å². The quantitative estimate of drug-likeness (QED) is 0.0647. The van der Waals surface area contributed by atoms with E-state index < -0.39 is 23.3 Å². The number of fused-ring (bicyclic) bond motifs is 12. The van der Waals surface area contributed by atoms with Crippen molar-refractivity contribution in [2.24, 2.45) is 0 Å². The van der Waals surface area contributed by atoms with Gasteiger partial charge in [0.1, 0.15) is 22.3 Å². The summed E-state index contributed by atoms with van der Waals surface area (Å²) in [6.45, 7) is 0. The molecular weight excluding hydrogens is 1680 g/mol. The Bertz CT molecular complexity index is 7960. The molecule has 4 nitrogen and oxygen atoms in total. The number of hydrogen-bond acceptors (Lipinski definition) is 4. The largest absolute Gasteiger partial charge is 0.488 e. The summed E-state index contributed by atoms with van der Waals surface area (Å²) in [4.78, 5) is 0. The smallest absolute Gasteiger partial charge is 0.455 e. The van der Waals surface area contributed by atoms with Crippen molar-refractivity contribution in [2.45, 2.75) is 14.9 Å². The van der Waals surface area contributed by atoms with Gasteiger partial charge in [0.15, 0.2) is 16.1 Å². The summed E-state index contributed by atoms with van der Waals surface area (Å²) in [5.74, 6) is 0. The molecule has 2 N–H and O–H groups in total. The Morgan fingerprint density at radius 2 is 0.454 bits per heavy atom. The Morgan fingerprint density at radius 1 is 0.200 bits per heavy atom. The predicted molar refractivity (Wildman–Crippen MR) is 564 cm³/mol. The molecule has 130 heavy (non-hydrogen) atoms. The lowest BCUT2D eigenvalue weighted by Crippen LogP contribution is -2.74. The topological polar surface area (TPSA) is 66.7 Å². The number of rotatable bonds is 14. The lowest BCUT2D eigenvalue weighted by Gasteiger charge is -2.34. The van der Waals surface area contributed by atoms with Gasteiger partial charge < -0.3 is 18.9 Å². The van der Waals surface area contributed by atoms with E-state index in [0.29, 0.717) is 5.46 Å². The van der Waals surface area contributed by atoms with Crippen molar-refractivity contribution in [3.05, 3.63) is 490 Å². The Labute approximate surface area is 767 Å². The number of halogens is 1. The van der Waals surface area contributed by atoms with Gasteiger partial charge in [-0.1, -0.05) is 480 Å². The van der Waals surface area contributed by atoms with Gasteiger partial charge in [0, 0.05) is 48.3 Å². The summed E-state index contributed by atoms with van der Waals surface area (Å²) in [6, 6.07) is 175. The van der Waals surface area contributed by atoms with Crippen LogP contribution >= 0.6 is 15.9 Å². The van der Waals surface area contributed by atoms with Gasteiger partial charge in [-0.2, -0.15) is 0 Å². The maximum absolute atomic E-state index is 9.54. The van der Waals surface area contributed by atoms with Gasteiger partial charge in [-0.3, -0.25) is 0 Å². The first kappa shape index (κ1) is 83.1. The number of furan rings is 2. The minimum absolute atomic E-state index is 0. The SMILES string of the molecule is Brc1cc(-c2c3ccccc3c(-c3cccc4ccccc34)c3ccccc23)c2oc3ccccc3c2c1.C.C.OB(O)c1ccc([Si](c2ccccc2)(c2ccccc2)c2ccccc2)cc1.c1ccc([Si](c2ccccc2)(c2ccccc2)c2ccc(-c3cc(-c4c5ccccc5c(-c5cccc6ccccc56)c5ccccc45)c4oc5ccccc5c4c3)cc2)cc1. The molecule has 0 fully saturated rings. The van der Waals surface area contributed by atoms with Crippen LogP contribution in [-0.4, -0.2) is 33.3 Å². The van der Waals surface area contributed by atoms with E-state index in [4.69, 9.17) is 8.83 Å². The summed E-state index contributed by atoms with van der Waals surface area (Å²) in [7, 11) is -6.67. The number of hydrogen-bond donors (Lipinski definition) is 2. The van der Waals surface area contributed by atoms with Crippen LogP contribution in [0.4, 0.5) is 0 Å². The number of benzene rings is 22. The van der Waals surface area contributed by atoms with Crippen molar-refractivity contribution in [3.63, 3.8) is 0 Å². The van der Waals surface area contributed by atoms with Gasteiger partial charge in [-0.15, -0.1) is 0 Å². The van der Waals surface area contributed by atoms with Crippen molar-refractivity contribution < 1.29 is 18.9 Å². The van der Waals surface area contributed by atoms with E-state index in [-0.39, 0.29) is 14.9 Å². The first-order valence-electron chi connectivity index (χ1n) is 43.6. The molecule has 0 bridgehead atoms. The second kappa shape index (κ2) is 35.6. The van der Waals surface area contributed by atoms with Gasteiger partial charge in [-0.05, 0) is 181 Å². The third-order valence-corrected chi connectivity index (χ3v) is 36.0. The van der Waals surface area contributed by atoms with Crippen molar-refractivity contribution >= 4 is 195 Å². The van der Waals surface area contributed by atoms with Crippen molar-refractivity contribution in [2.75, 3.05) is 0 Å². The molecule has 24 aromatic rings. The molecule has 0 amide bonds. The van der Waals surface area contributed by atoms with Crippen molar-refractivity contribution in [1.82, 2.24) is 0 Å². The van der Waals surface area contributed by atoms with Gasteiger partial charge in [0.25, 0.3) is 0 Å². The molecule has 22 aromatic carbocycles. The van der Waals surface area contributed by atoms with Gasteiger partial charge in [0.2, 0.25) is 0 Å². The third kappa shape index (κ3) is 14.4. The summed E-state index contributed by atoms with van der Waals surface area (Å²) in [5.41, 5.74) is 16.0. The van der Waals surface area contributed by atoms with Crippen LogP contribution in [0.25, 0.3) is 164 Å². The van der Waals surface area contributed by atoms with Crippen LogP contribution in [0.1, 0.15) is 14.9 Å². The van der Waals surface area contributed by atoms with E-state index in [1.165, 1.54) is 145 Å². The summed E-state index contributed by atoms with van der Waals surface area (Å²) in [6.07, 6.45) is 0. The summed E-state index contributed by atoms with van der Waals surface area (Å²) >= 11 is 3.82. The maximum Gasteiger partial charge on any atom is 0.488 e. The van der Waals surface area contributed by atoms with Gasteiger partial charge in [-0.25, -0.2) is 0 Å². The van der Waals surface area contributed by atoms with Crippen LogP contribution in [0.2, 0.25) is 0 Å². The number of para-hydroxylation sites is 2. The van der Waals surface area contributed by atoms with Crippen LogP contribution in [0.5, 0.6) is 0 Å². The fraction of sp³-hybridized carbons (Fsp3) is 0.0164. The molecule has 2 heterocycles. The highest BCUT2D eigenvalue weighted by atomic mass is 79.9. The first-order valence-corrected chi connectivity index (χ1v) is 48.4. The Kier molecular flexibility index (Phi) is 22.8. The van der Waals surface area contributed by atoms with Gasteiger partial charge in [0.05, 0.1) is 0 Å². The molecule has 0 aliphatic carbocycles. The van der Waals surface area contributed by atoms with Crippen LogP contribution in [-0.2, 0) is 0 Å². The summed E-state index contributed by atoms with van der Waals surface area (Å²) in [5, 5.41) is 48.9. The Hall–Kier alpha value is -15.1. The monoisotopic (exact) mass is 1760 g/mol. The second-order valence-corrected chi connectivity index (χ2v) is 41.5. The molecule has 0 unspecified atom stereocenters. The van der Waals surface area contributed by atoms with E-state index >= 15 is 0 Å². The van der Waals surface area contributed by atoms with E-state index in [2.05, 4.69) is 447 Å². The van der Waals surface area contributed by atoms with E-state index in [0.717, 1.165) is 65.0 Å². The fourth-order valence-electron chi connectivity index (χ4n) is 20.4. The molecule has 0 aliphatic heterocycles. The Morgan fingerprint density at radius 3 is 0.785 bits per heavy atom. The Balaban J connectivity index is 0.000000132. The zero-order chi connectivity index (χ0) is 85.7. The van der Waals surface area contributed by atoms with E-state index in [1.807, 2.05) is 54.6 Å². The highest BCUT2D eigenvalue weighted by Crippen LogP contribution is 2.51. The van der Waals surface area contributed by atoms with Crippen molar-refractivity contribution in [1.29, 1.82) is 0 Å². The third-order valence-electron chi connectivity index (χ3n) is 26.0. The molecule has 2 aromatic heterocycles. The van der Waals surface area contributed by atoms with Crippen LogP contribution < -0.4 is 47.0 Å². The molecule has 620 valence electrons. The average Bonchev–Trinajstić information content (AvgIpc) is 1.18. The zero-order valence-electron chi connectivity index (χ0n) is 69.9. The predicted octanol–water partition coefficient (Wildman–Crippen LogP) is 26.6. The first-order chi connectivity index (χ1) is 63.3. The second-order valence-electron chi connectivity index (χ2n) is 32.9. The van der Waals surface area contributed by atoms with Crippen LogP contribution in [0, 0.1) is 0 Å². The molecule has 0 saturated carbocycles. The maximum atomic E-state index is 9.54.